The van der Waals surface area contributed by atoms with Gasteiger partial charge in [-0.25, -0.2) is 4.39 Å². The molecule has 4 nitrogen and oxygen atoms in total. The number of nitrogens with zero attached hydrogens (tertiary/aromatic N) is 1. The molecule has 0 aliphatic heterocycles. The van der Waals surface area contributed by atoms with Crippen LogP contribution < -0.4 is 10.5 Å². The summed E-state index contributed by atoms with van der Waals surface area (Å²) in [5.74, 6) is 0.0912. The Morgan fingerprint density at radius 3 is 2.62 bits per heavy atom. The lowest BCUT2D eigenvalue weighted by molar-refractivity contribution is 0.306. The molecule has 0 radical (unpaired) electrons. The molecule has 0 aliphatic carbocycles. The molecule has 0 bridgehead atoms. The van der Waals surface area contributed by atoms with Crippen LogP contribution in [0, 0.1) is 5.82 Å². The second-order valence-electron chi connectivity index (χ2n) is 2.33. The van der Waals surface area contributed by atoms with Crippen molar-refractivity contribution in [3.63, 3.8) is 0 Å². The first-order chi connectivity index (χ1) is 6.22. The van der Waals surface area contributed by atoms with Gasteiger partial charge in [0.1, 0.15) is 18.2 Å². The Kier molecular flexibility index (Phi) is 3.08. The Balaban J connectivity index is 2.51. The number of amidine groups is 1. The van der Waals surface area contributed by atoms with Crippen molar-refractivity contribution >= 4 is 5.84 Å². The molecule has 0 spiro atoms. The summed E-state index contributed by atoms with van der Waals surface area (Å²) < 4.78 is 17.4. The monoisotopic (exact) mass is 184 g/mol. The van der Waals surface area contributed by atoms with E-state index in [1.807, 2.05) is 0 Å². The third kappa shape index (κ3) is 2.98. The van der Waals surface area contributed by atoms with Gasteiger partial charge in [0, 0.05) is 0 Å². The van der Waals surface area contributed by atoms with Crippen molar-refractivity contribution in [1.29, 1.82) is 0 Å². The average Bonchev–Trinajstić information content (AvgIpc) is 2.16. The molecule has 0 saturated heterocycles. The van der Waals surface area contributed by atoms with E-state index >= 15 is 0 Å². The van der Waals surface area contributed by atoms with E-state index in [4.69, 9.17) is 15.7 Å². The van der Waals surface area contributed by atoms with Crippen LogP contribution in [0.4, 0.5) is 4.39 Å². The molecule has 70 valence electrons. The molecule has 0 amide bonds. The Hall–Kier alpha value is -1.78. The maximum Gasteiger partial charge on any atom is 0.177 e. The first kappa shape index (κ1) is 9.31. The maximum absolute atomic E-state index is 12.4. The van der Waals surface area contributed by atoms with E-state index in [9.17, 15) is 4.39 Å². The van der Waals surface area contributed by atoms with Crippen molar-refractivity contribution in [1.82, 2.24) is 0 Å². The van der Waals surface area contributed by atoms with Crippen LogP contribution in [-0.4, -0.2) is 17.6 Å². The minimum Gasteiger partial charge on any atom is -0.486 e. The van der Waals surface area contributed by atoms with Gasteiger partial charge in [-0.15, -0.1) is 0 Å². The lowest BCUT2D eigenvalue weighted by atomic mass is 10.3. The predicted molar refractivity (Wildman–Crippen MR) is 45.3 cm³/mol. The smallest absolute Gasteiger partial charge is 0.177 e. The highest BCUT2D eigenvalue weighted by molar-refractivity contribution is 5.81. The van der Waals surface area contributed by atoms with E-state index in [-0.39, 0.29) is 18.3 Å². The fourth-order valence-corrected chi connectivity index (χ4v) is 0.717. The van der Waals surface area contributed by atoms with Gasteiger partial charge in [-0.3, -0.25) is 0 Å². The fourth-order valence-electron chi connectivity index (χ4n) is 0.717. The van der Waals surface area contributed by atoms with Crippen LogP contribution in [0.15, 0.2) is 29.4 Å². The first-order valence-corrected chi connectivity index (χ1v) is 3.57. The van der Waals surface area contributed by atoms with Crippen molar-refractivity contribution < 1.29 is 14.3 Å². The molecule has 1 rings (SSSR count). The number of nitrogens with two attached hydrogens (primary N) is 1. The largest absolute Gasteiger partial charge is 0.486 e. The lowest BCUT2D eigenvalue weighted by Gasteiger charge is -2.03. The molecule has 0 aliphatic rings. The van der Waals surface area contributed by atoms with Crippen LogP contribution >= 0.6 is 0 Å². The van der Waals surface area contributed by atoms with Crippen molar-refractivity contribution in [2.45, 2.75) is 0 Å². The van der Waals surface area contributed by atoms with Crippen LogP contribution in [0.1, 0.15) is 0 Å². The van der Waals surface area contributed by atoms with Crippen LogP contribution in [0.2, 0.25) is 0 Å². The van der Waals surface area contributed by atoms with E-state index in [1.54, 1.807) is 0 Å². The number of oxime groups is 1. The van der Waals surface area contributed by atoms with Crippen LogP contribution in [0.5, 0.6) is 5.75 Å². The Morgan fingerprint density at radius 2 is 2.08 bits per heavy atom. The first-order valence-electron chi connectivity index (χ1n) is 3.57. The Labute approximate surface area is 74.4 Å². The number of benzene rings is 1. The van der Waals surface area contributed by atoms with Gasteiger partial charge >= 0.3 is 0 Å². The van der Waals surface area contributed by atoms with Gasteiger partial charge in [0.05, 0.1) is 0 Å². The lowest BCUT2D eigenvalue weighted by Crippen LogP contribution is -2.20. The molecular weight excluding hydrogens is 175 g/mol. The van der Waals surface area contributed by atoms with Crippen molar-refractivity contribution in [3.05, 3.63) is 30.1 Å². The summed E-state index contributed by atoms with van der Waals surface area (Å²) in [5, 5.41) is 10.9. The van der Waals surface area contributed by atoms with E-state index in [0.717, 1.165) is 0 Å². The van der Waals surface area contributed by atoms with Gasteiger partial charge < -0.3 is 15.7 Å². The highest BCUT2D eigenvalue weighted by atomic mass is 19.1. The minimum absolute atomic E-state index is 0.0257. The summed E-state index contributed by atoms with van der Waals surface area (Å²) in [7, 11) is 0. The zero-order valence-electron chi connectivity index (χ0n) is 6.77. The predicted octanol–water partition coefficient (Wildman–Crippen LogP) is 0.951. The molecule has 3 N–H and O–H groups in total. The molecule has 5 heteroatoms. The van der Waals surface area contributed by atoms with Crippen molar-refractivity contribution in [3.8, 4) is 5.75 Å². The summed E-state index contributed by atoms with van der Waals surface area (Å²) in [6, 6.07) is 5.45. The fraction of sp³-hybridized carbons (Fsp3) is 0.125. The number of hydrogen-bond acceptors (Lipinski definition) is 3. The van der Waals surface area contributed by atoms with Crippen molar-refractivity contribution in [2.75, 3.05) is 6.61 Å². The van der Waals surface area contributed by atoms with E-state index < -0.39 is 0 Å². The highest BCUT2D eigenvalue weighted by Gasteiger charge is 1.96. The third-order valence-corrected chi connectivity index (χ3v) is 1.33. The molecule has 0 aromatic heterocycles. The van der Waals surface area contributed by atoms with Crippen LogP contribution in [0.25, 0.3) is 0 Å². The van der Waals surface area contributed by atoms with Crippen LogP contribution in [0.3, 0.4) is 0 Å². The molecule has 1 aromatic rings. The normalized spacial score (nSPS) is 11.3. The molecular formula is C8H9FN2O2. The molecule has 0 heterocycles. The summed E-state index contributed by atoms with van der Waals surface area (Å²) in [6.07, 6.45) is 0. The van der Waals surface area contributed by atoms with Crippen LogP contribution in [-0.2, 0) is 0 Å². The zero-order chi connectivity index (χ0) is 9.68. The molecule has 0 saturated carbocycles. The molecule has 0 atom stereocenters. The molecule has 0 fully saturated rings. The highest BCUT2D eigenvalue weighted by Crippen LogP contribution is 2.10. The second kappa shape index (κ2) is 4.30. The van der Waals surface area contributed by atoms with Gasteiger partial charge in [-0.2, -0.15) is 0 Å². The summed E-state index contributed by atoms with van der Waals surface area (Å²) in [5.41, 5.74) is 5.15. The van der Waals surface area contributed by atoms with Gasteiger partial charge in [-0.1, -0.05) is 5.16 Å². The summed E-state index contributed by atoms with van der Waals surface area (Å²) >= 11 is 0. The van der Waals surface area contributed by atoms with E-state index in [2.05, 4.69) is 5.16 Å². The SMILES string of the molecule is N/C(COc1ccc(F)cc1)=N\O. The molecule has 0 unspecified atom stereocenters. The van der Waals surface area contributed by atoms with Gasteiger partial charge in [0.2, 0.25) is 0 Å². The summed E-state index contributed by atoms with van der Waals surface area (Å²) in [4.78, 5) is 0. The van der Waals surface area contributed by atoms with E-state index in [0.29, 0.717) is 5.75 Å². The van der Waals surface area contributed by atoms with E-state index in [1.165, 1.54) is 24.3 Å². The quantitative estimate of drug-likeness (QED) is 0.318. The zero-order valence-corrected chi connectivity index (χ0v) is 6.77. The molecule has 13 heavy (non-hydrogen) atoms. The second-order valence-corrected chi connectivity index (χ2v) is 2.33. The van der Waals surface area contributed by atoms with Crippen molar-refractivity contribution in [2.24, 2.45) is 10.9 Å². The average molecular weight is 184 g/mol. The van der Waals surface area contributed by atoms with Gasteiger partial charge in [0.25, 0.3) is 0 Å². The van der Waals surface area contributed by atoms with Gasteiger partial charge in [0.15, 0.2) is 5.84 Å². The number of halogens is 1. The summed E-state index contributed by atoms with van der Waals surface area (Å²) in [6.45, 7) is -0.0257. The maximum atomic E-state index is 12.4. The topological polar surface area (TPSA) is 67.8 Å². The Morgan fingerprint density at radius 1 is 1.46 bits per heavy atom. The number of hydrogen-bond donors (Lipinski definition) is 2. The molecule has 1 aromatic carbocycles. The Bertz CT molecular complexity index is 298. The third-order valence-electron chi connectivity index (χ3n) is 1.33. The number of rotatable bonds is 3. The van der Waals surface area contributed by atoms with Gasteiger partial charge in [-0.05, 0) is 24.3 Å². The number of ether oxygens (including phenoxy) is 1. The standard InChI is InChI=1S/C8H9FN2O2/c9-6-1-3-7(4-2-6)13-5-8(10)11-12/h1-4,12H,5H2,(H2,10,11). The minimum atomic E-state index is -0.337.